The second-order valence-electron chi connectivity index (χ2n) is 19.1. The number of rotatable bonds is 54. The molecule has 0 aliphatic heterocycles. The SMILES string of the molecule is CC/C=C\C/C=C\C/C=C\C/C=C\C/C=C\C/C=C\C/C=C\C/C=C\C/C=C\C/C=C\C/C=C\CCCCCCCC(=O)OC(COC(=O)CCCCCCCCC/C=C\C/C=C\CCCCC)COP(=O)(O)OCCN. The van der Waals surface area contributed by atoms with Crippen molar-refractivity contribution in [2.24, 2.45) is 5.73 Å². The Morgan fingerprint density at radius 1 is 0.403 bits per heavy atom. The van der Waals surface area contributed by atoms with Gasteiger partial charge in [0.25, 0.3) is 0 Å². The van der Waals surface area contributed by atoms with Crippen LogP contribution in [0.3, 0.4) is 0 Å². The molecule has 0 aromatic rings. The van der Waals surface area contributed by atoms with Crippen LogP contribution >= 0.6 is 7.82 Å². The summed E-state index contributed by atoms with van der Waals surface area (Å²) >= 11 is 0. The number of ether oxygens (including phenoxy) is 2. The summed E-state index contributed by atoms with van der Waals surface area (Å²) in [5, 5.41) is 0. The van der Waals surface area contributed by atoms with Gasteiger partial charge in [-0.3, -0.25) is 18.6 Å². The molecule has 0 bridgehead atoms. The molecule has 0 aliphatic carbocycles. The first-order chi connectivity index (χ1) is 37.8. The van der Waals surface area contributed by atoms with E-state index in [0.717, 1.165) is 135 Å². The number of hydrogen-bond donors (Lipinski definition) is 2. The van der Waals surface area contributed by atoms with Crippen LogP contribution in [0.5, 0.6) is 0 Å². The topological polar surface area (TPSA) is 134 Å². The predicted molar refractivity (Wildman–Crippen MR) is 330 cm³/mol. The normalized spacial score (nSPS) is 14.2. The van der Waals surface area contributed by atoms with Gasteiger partial charge in [0.15, 0.2) is 6.10 Å². The molecule has 0 heterocycles. The van der Waals surface area contributed by atoms with Gasteiger partial charge >= 0.3 is 19.8 Å². The number of carbonyl (C=O) groups is 2. The molecule has 0 saturated heterocycles. The molecular weight excluding hydrogens is 978 g/mol. The lowest BCUT2D eigenvalue weighted by molar-refractivity contribution is -0.161. The van der Waals surface area contributed by atoms with Gasteiger partial charge in [0, 0.05) is 19.4 Å². The van der Waals surface area contributed by atoms with E-state index in [-0.39, 0.29) is 32.6 Å². The van der Waals surface area contributed by atoms with Crippen LogP contribution < -0.4 is 5.73 Å². The smallest absolute Gasteiger partial charge is 0.462 e. The third-order valence-electron chi connectivity index (χ3n) is 11.9. The first-order valence-electron chi connectivity index (χ1n) is 30.0. The van der Waals surface area contributed by atoms with Gasteiger partial charge in [-0.2, -0.15) is 0 Å². The van der Waals surface area contributed by atoms with E-state index >= 15 is 0 Å². The number of hydrogen-bond acceptors (Lipinski definition) is 8. The summed E-state index contributed by atoms with van der Waals surface area (Å²) in [6.07, 6.45) is 88.7. The maximum absolute atomic E-state index is 12.7. The summed E-state index contributed by atoms with van der Waals surface area (Å²) in [6.45, 7) is 3.55. The van der Waals surface area contributed by atoms with Crippen molar-refractivity contribution in [2.45, 2.75) is 225 Å². The van der Waals surface area contributed by atoms with Gasteiger partial charge < -0.3 is 20.1 Å². The summed E-state index contributed by atoms with van der Waals surface area (Å²) in [5.41, 5.74) is 5.38. The Morgan fingerprint density at radius 3 is 1.06 bits per heavy atom. The van der Waals surface area contributed by atoms with Crippen molar-refractivity contribution < 1.29 is 37.6 Å². The number of unbranched alkanes of at least 4 members (excludes halogenated alkanes) is 15. The van der Waals surface area contributed by atoms with Crippen LogP contribution in [0.15, 0.2) is 158 Å². The Hall–Kier alpha value is -4.37. The lowest BCUT2D eigenvalue weighted by atomic mass is 10.1. The summed E-state index contributed by atoms with van der Waals surface area (Å²) in [6, 6.07) is 0. The molecule has 0 aromatic carbocycles. The second-order valence-corrected chi connectivity index (χ2v) is 20.6. The van der Waals surface area contributed by atoms with Gasteiger partial charge in [0.05, 0.1) is 13.2 Å². The third-order valence-corrected chi connectivity index (χ3v) is 12.9. The van der Waals surface area contributed by atoms with Crippen molar-refractivity contribution in [2.75, 3.05) is 26.4 Å². The molecule has 0 aliphatic rings. The summed E-state index contributed by atoms with van der Waals surface area (Å²) < 4.78 is 33.0. The predicted octanol–water partition coefficient (Wildman–Crippen LogP) is 19.3. The van der Waals surface area contributed by atoms with E-state index in [0.29, 0.717) is 12.8 Å². The van der Waals surface area contributed by atoms with Crippen molar-refractivity contribution in [1.82, 2.24) is 0 Å². The molecule has 0 aromatic heterocycles. The Kier molecular flexibility index (Phi) is 57.4. The largest absolute Gasteiger partial charge is 0.472 e. The molecule has 0 rings (SSSR count). The van der Waals surface area contributed by atoms with Crippen molar-refractivity contribution in [3.05, 3.63) is 158 Å². The highest BCUT2D eigenvalue weighted by molar-refractivity contribution is 7.47. The van der Waals surface area contributed by atoms with E-state index < -0.39 is 32.5 Å². The Morgan fingerprint density at radius 2 is 0.714 bits per heavy atom. The lowest BCUT2D eigenvalue weighted by Crippen LogP contribution is -2.29. The van der Waals surface area contributed by atoms with E-state index in [4.69, 9.17) is 24.3 Å². The fourth-order valence-corrected chi connectivity index (χ4v) is 8.26. The molecule has 9 nitrogen and oxygen atoms in total. The zero-order valence-electron chi connectivity index (χ0n) is 48.4. The van der Waals surface area contributed by atoms with Crippen LogP contribution in [0.4, 0.5) is 0 Å². The van der Waals surface area contributed by atoms with Crippen molar-refractivity contribution in [1.29, 1.82) is 0 Å². The Balaban J connectivity index is 4.07. The Labute approximate surface area is 470 Å². The molecule has 0 fully saturated rings. The number of nitrogens with two attached hydrogens (primary N) is 1. The number of phosphoric ester groups is 1. The molecular formula is C67H108NO8P. The molecule has 0 amide bonds. The standard InChI is InChI=1S/C67H108NO8P/c1-3-5-7-9-11-13-15-17-19-21-22-23-24-25-26-27-28-29-30-31-32-33-34-35-36-37-38-39-40-41-42-44-46-48-50-52-54-56-58-60-67(70)76-65(64-75-77(71,72)74-62-61-68)63-73-66(69)59-57-55-53-51-49-47-45-43-20-18-16-14-12-10-8-6-4-2/h5,7,11-14,17-20,22-23,25-26,28-29,31-32,34-35,37-38,40-41,44,46,65H,3-4,6,8-10,15-16,21,24,27,30,33,36,39,42-43,45,47-64,68H2,1-2H3,(H,71,72)/b7-5-,13-11-,14-12-,19-17-,20-18-,23-22-,26-25-,29-28-,32-31-,35-34-,38-37-,41-40-,46-44-. The average molecular weight is 1090 g/mol. The highest BCUT2D eigenvalue weighted by atomic mass is 31.2. The summed E-state index contributed by atoms with van der Waals surface area (Å²) in [4.78, 5) is 35.2. The maximum atomic E-state index is 12.7. The zero-order chi connectivity index (χ0) is 55.9. The zero-order valence-corrected chi connectivity index (χ0v) is 49.3. The molecule has 2 unspecified atom stereocenters. The molecule has 77 heavy (non-hydrogen) atoms. The monoisotopic (exact) mass is 1090 g/mol. The molecule has 0 spiro atoms. The molecule has 434 valence electrons. The quantitative estimate of drug-likeness (QED) is 0.0264. The minimum atomic E-state index is -4.41. The molecule has 0 radical (unpaired) electrons. The molecule has 2 atom stereocenters. The maximum Gasteiger partial charge on any atom is 0.472 e. The van der Waals surface area contributed by atoms with Crippen LogP contribution in [0.1, 0.15) is 219 Å². The number of carbonyl (C=O) groups excluding carboxylic acids is 2. The van der Waals surface area contributed by atoms with E-state index in [1.165, 1.54) is 44.9 Å². The van der Waals surface area contributed by atoms with Crippen LogP contribution in [0.2, 0.25) is 0 Å². The molecule has 0 saturated carbocycles. The van der Waals surface area contributed by atoms with Crippen LogP contribution in [0.25, 0.3) is 0 Å². The van der Waals surface area contributed by atoms with Crippen LogP contribution in [-0.2, 0) is 32.7 Å². The van der Waals surface area contributed by atoms with E-state index in [1.807, 2.05) is 0 Å². The van der Waals surface area contributed by atoms with Gasteiger partial charge in [-0.15, -0.1) is 0 Å². The van der Waals surface area contributed by atoms with Crippen molar-refractivity contribution >= 4 is 19.8 Å². The highest BCUT2D eigenvalue weighted by Gasteiger charge is 2.26. The van der Waals surface area contributed by atoms with Gasteiger partial charge in [-0.1, -0.05) is 236 Å². The highest BCUT2D eigenvalue weighted by Crippen LogP contribution is 2.43. The second kappa shape index (κ2) is 60.9. The Bertz CT molecular complexity index is 1810. The van der Waals surface area contributed by atoms with Crippen LogP contribution in [-0.4, -0.2) is 49.3 Å². The minimum absolute atomic E-state index is 0.0405. The van der Waals surface area contributed by atoms with Gasteiger partial charge in [-0.25, -0.2) is 4.57 Å². The lowest BCUT2D eigenvalue weighted by Gasteiger charge is -2.19. The molecule has 10 heteroatoms. The third kappa shape index (κ3) is 60.7. The number of phosphoric acid groups is 1. The van der Waals surface area contributed by atoms with E-state index in [2.05, 4.69) is 172 Å². The number of esters is 2. The fraction of sp³-hybridized carbons (Fsp3) is 0.582. The molecule has 3 N–H and O–H groups in total. The van der Waals surface area contributed by atoms with E-state index in [9.17, 15) is 19.0 Å². The van der Waals surface area contributed by atoms with E-state index in [1.54, 1.807) is 0 Å². The van der Waals surface area contributed by atoms with Crippen molar-refractivity contribution in [3.8, 4) is 0 Å². The van der Waals surface area contributed by atoms with Gasteiger partial charge in [0.1, 0.15) is 6.61 Å². The average Bonchev–Trinajstić information content (AvgIpc) is 3.42. The summed E-state index contributed by atoms with van der Waals surface area (Å²) in [7, 11) is -4.41. The van der Waals surface area contributed by atoms with Crippen LogP contribution in [0, 0.1) is 0 Å². The van der Waals surface area contributed by atoms with Gasteiger partial charge in [-0.05, 0) is 128 Å². The fourth-order valence-electron chi connectivity index (χ4n) is 7.49. The van der Waals surface area contributed by atoms with Gasteiger partial charge in [0.2, 0.25) is 0 Å². The number of allylic oxidation sites excluding steroid dienone is 26. The van der Waals surface area contributed by atoms with Crippen molar-refractivity contribution in [3.63, 3.8) is 0 Å². The first kappa shape index (κ1) is 72.6. The minimum Gasteiger partial charge on any atom is -0.462 e. The summed E-state index contributed by atoms with van der Waals surface area (Å²) in [5.74, 6) is -0.871. The first-order valence-corrected chi connectivity index (χ1v) is 31.5.